The first-order valence-electron chi connectivity index (χ1n) is 9.89. The van der Waals surface area contributed by atoms with Crippen molar-refractivity contribution in [2.45, 2.75) is 36.9 Å². The number of nitrogens with zero attached hydrogens (tertiary/aromatic N) is 1. The first kappa shape index (κ1) is 21.1. The minimum absolute atomic E-state index is 0.00791. The van der Waals surface area contributed by atoms with Gasteiger partial charge in [0.05, 0.1) is 5.56 Å². The SMILES string of the molecule is NC1CC2(CCN(C(=O)C=Cc3ccccc3C(F)(F)F)CC2)c2c(Br)cccc21. The third-order valence-corrected chi connectivity index (χ3v) is 6.95. The van der Waals surface area contributed by atoms with Crippen molar-refractivity contribution in [3.63, 3.8) is 0 Å². The summed E-state index contributed by atoms with van der Waals surface area (Å²) in [7, 11) is 0. The molecule has 2 aromatic rings. The lowest BCUT2D eigenvalue weighted by Gasteiger charge is -2.40. The largest absolute Gasteiger partial charge is 0.416 e. The molecule has 0 radical (unpaired) electrons. The van der Waals surface area contributed by atoms with Crippen LogP contribution in [0.1, 0.15) is 47.6 Å². The van der Waals surface area contributed by atoms with E-state index in [1.54, 1.807) is 4.90 Å². The van der Waals surface area contributed by atoms with Crippen LogP contribution in [0.3, 0.4) is 0 Å². The van der Waals surface area contributed by atoms with E-state index < -0.39 is 11.7 Å². The number of benzene rings is 2. The minimum atomic E-state index is -4.45. The van der Waals surface area contributed by atoms with Gasteiger partial charge < -0.3 is 10.6 Å². The van der Waals surface area contributed by atoms with Gasteiger partial charge in [0.25, 0.3) is 0 Å². The second kappa shape index (κ2) is 7.85. The Balaban J connectivity index is 1.48. The van der Waals surface area contributed by atoms with Gasteiger partial charge in [-0.25, -0.2) is 0 Å². The van der Waals surface area contributed by atoms with Crippen molar-refractivity contribution in [3.05, 3.63) is 75.3 Å². The highest BCUT2D eigenvalue weighted by molar-refractivity contribution is 9.10. The van der Waals surface area contributed by atoms with E-state index in [0.29, 0.717) is 13.1 Å². The third-order valence-electron chi connectivity index (χ3n) is 6.29. The van der Waals surface area contributed by atoms with Crippen LogP contribution in [0.15, 0.2) is 53.0 Å². The molecule has 4 rings (SSSR count). The summed E-state index contributed by atoms with van der Waals surface area (Å²) >= 11 is 3.66. The van der Waals surface area contributed by atoms with E-state index in [2.05, 4.69) is 22.0 Å². The van der Waals surface area contributed by atoms with Crippen LogP contribution in [0.4, 0.5) is 13.2 Å². The van der Waals surface area contributed by atoms with Gasteiger partial charge in [0.1, 0.15) is 0 Å². The molecule has 1 saturated heterocycles. The quantitative estimate of drug-likeness (QED) is 0.583. The number of hydrogen-bond acceptors (Lipinski definition) is 2. The van der Waals surface area contributed by atoms with Gasteiger partial charge in [-0.1, -0.05) is 46.3 Å². The molecule has 1 aliphatic carbocycles. The maximum atomic E-state index is 13.1. The first-order valence-corrected chi connectivity index (χ1v) is 10.7. The van der Waals surface area contributed by atoms with E-state index in [9.17, 15) is 18.0 Å². The van der Waals surface area contributed by atoms with Gasteiger partial charge in [0.15, 0.2) is 0 Å². The van der Waals surface area contributed by atoms with E-state index in [-0.39, 0.29) is 22.9 Å². The van der Waals surface area contributed by atoms with E-state index in [1.165, 1.54) is 35.9 Å². The van der Waals surface area contributed by atoms with Crippen molar-refractivity contribution in [1.82, 2.24) is 4.90 Å². The zero-order valence-electron chi connectivity index (χ0n) is 16.3. The Labute approximate surface area is 181 Å². The van der Waals surface area contributed by atoms with Crippen LogP contribution in [-0.4, -0.2) is 23.9 Å². The van der Waals surface area contributed by atoms with E-state index in [1.807, 2.05) is 12.1 Å². The van der Waals surface area contributed by atoms with Crippen LogP contribution in [0.5, 0.6) is 0 Å². The Morgan fingerprint density at radius 1 is 1.13 bits per heavy atom. The maximum Gasteiger partial charge on any atom is 0.416 e. The lowest BCUT2D eigenvalue weighted by atomic mass is 9.73. The second-order valence-electron chi connectivity index (χ2n) is 8.04. The molecule has 1 fully saturated rings. The molecule has 1 heterocycles. The van der Waals surface area contributed by atoms with Crippen LogP contribution in [0.2, 0.25) is 0 Å². The fourth-order valence-corrected chi connectivity index (χ4v) is 5.62. The average Bonchev–Trinajstić information content (AvgIpc) is 2.99. The number of fused-ring (bicyclic) bond motifs is 2. The third kappa shape index (κ3) is 3.81. The van der Waals surface area contributed by atoms with Crippen molar-refractivity contribution < 1.29 is 18.0 Å². The van der Waals surface area contributed by atoms with E-state index in [4.69, 9.17) is 5.73 Å². The number of carbonyl (C=O) groups excluding carboxylic acids is 1. The number of nitrogens with two attached hydrogens (primary N) is 1. The molecule has 1 amide bonds. The molecule has 2 N–H and O–H groups in total. The van der Waals surface area contributed by atoms with Gasteiger partial charge in [-0.3, -0.25) is 4.79 Å². The summed E-state index contributed by atoms with van der Waals surface area (Å²) in [6, 6.07) is 11.3. The van der Waals surface area contributed by atoms with Crippen LogP contribution >= 0.6 is 15.9 Å². The molecule has 3 nitrogen and oxygen atoms in total. The summed E-state index contributed by atoms with van der Waals surface area (Å²) in [4.78, 5) is 14.3. The number of carbonyl (C=O) groups is 1. The Kier molecular flexibility index (Phi) is 5.53. The Hall–Kier alpha value is -2.12. The molecule has 1 spiro atoms. The van der Waals surface area contributed by atoms with Gasteiger partial charge in [-0.05, 0) is 54.2 Å². The Bertz CT molecular complexity index is 994. The van der Waals surface area contributed by atoms with Crippen molar-refractivity contribution in [1.29, 1.82) is 0 Å². The zero-order chi connectivity index (χ0) is 21.5. The van der Waals surface area contributed by atoms with Crippen molar-refractivity contribution in [2.75, 3.05) is 13.1 Å². The molecule has 30 heavy (non-hydrogen) atoms. The highest BCUT2D eigenvalue weighted by Crippen LogP contribution is 2.52. The van der Waals surface area contributed by atoms with Crippen molar-refractivity contribution >= 4 is 27.9 Å². The summed E-state index contributed by atoms with van der Waals surface area (Å²) < 4.78 is 40.5. The molecular weight excluding hydrogens is 457 g/mol. The van der Waals surface area contributed by atoms with Crippen LogP contribution in [0, 0.1) is 0 Å². The number of piperidine rings is 1. The molecular formula is C23H22BrF3N2O. The summed E-state index contributed by atoms with van der Waals surface area (Å²) in [6.45, 7) is 1.11. The average molecular weight is 479 g/mol. The molecule has 0 aromatic heterocycles. The summed E-state index contributed by atoms with van der Waals surface area (Å²) in [5.41, 5.74) is 7.97. The molecule has 2 aromatic carbocycles. The number of halogens is 4. The number of likely N-dealkylation sites (tertiary alicyclic amines) is 1. The highest BCUT2D eigenvalue weighted by Gasteiger charge is 2.46. The lowest BCUT2D eigenvalue weighted by molar-refractivity contribution is -0.137. The summed E-state index contributed by atoms with van der Waals surface area (Å²) in [5, 5.41) is 0. The Morgan fingerprint density at radius 3 is 2.53 bits per heavy atom. The molecule has 0 saturated carbocycles. The molecule has 1 atom stereocenters. The molecule has 158 valence electrons. The predicted molar refractivity (Wildman–Crippen MR) is 114 cm³/mol. The maximum absolute atomic E-state index is 13.1. The molecule has 0 bridgehead atoms. The molecule has 1 unspecified atom stereocenters. The number of amides is 1. The van der Waals surface area contributed by atoms with Crippen molar-refractivity contribution in [3.8, 4) is 0 Å². The molecule has 2 aliphatic rings. The predicted octanol–water partition coefficient (Wildman–Crippen LogP) is 5.45. The first-order chi connectivity index (χ1) is 14.2. The fourth-order valence-electron chi connectivity index (χ4n) is 4.82. The normalized spacial score (nSPS) is 20.7. The number of alkyl halides is 3. The van der Waals surface area contributed by atoms with Gasteiger partial charge >= 0.3 is 6.18 Å². The lowest BCUT2D eigenvalue weighted by Crippen LogP contribution is -2.44. The zero-order valence-corrected chi connectivity index (χ0v) is 17.8. The van der Waals surface area contributed by atoms with Crippen LogP contribution < -0.4 is 5.73 Å². The van der Waals surface area contributed by atoms with Crippen LogP contribution in [0.25, 0.3) is 6.08 Å². The van der Waals surface area contributed by atoms with Crippen LogP contribution in [-0.2, 0) is 16.4 Å². The van der Waals surface area contributed by atoms with Crippen molar-refractivity contribution in [2.24, 2.45) is 5.73 Å². The fraction of sp³-hybridized carbons (Fsp3) is 0.348. The summed E-state index contributed by atoms with van der Waals surface area (Å²) in [6.07, 6.45) is 0.467. The summed E-state index contributed by atoms with van der Waals surface area (Å²) in [5.74, 6) is -0.267. The standard InChI is InChI=1S/C23H22BrF3N2O/c24-18-7-3-5-16-19(28)14-22(21(16)18)10-12-29(13-11-22)20(30)9-8-15-4-1-2-6-17(15)23(25,26)27/h1-9,19H,10-14,28H2. The molecule has 7 heteroatoms. The highest BCUT2D eigenvalue weighted by atomic mass is 79.9. The number of rotatable bonds is 2. The van der Waals surface area contributed by atoms with Gasteiger partial charge in [0.2, 0.25) is 5.91 Å². The Morgan fingerprint density at radius 2 is 1.83 bits per heavy atom. The number of hydrogen-bond donors (Lipinski definition) is 1. The van der Waals surface area contributed by atoms with Gasteiger partial charge in [0, 0.05) is 35.1 Å². The van der Waals surface area contributed by atoms with Gasteiger partial charge in [-0.15, -0.1) is 0 Å². The van der Waals surface area contributed by atoms with Gasteiger partial charge in [-0.2, -0.15) is 13.2 Å². The second-order valence-corrected chi connectivity index (χ2v) is 8.89. The smallest absolute Gasteiger partial charge is 0.339 e. The topological polar surface area (TPSA) is 46.3 Å². The molecule has 1 aliphatic heterocycles. The van der Waals surface area contributed by atoms with E-state index >= 15 is 0 Å². The van der Waals surface area contributed by atoms with E-state index in [0.717, 1.165) is 35.4 Å². The minimum Gasteiger partial charge on any atom is -0.339 e. The monoisotopic (exact) mass is 478 g/mol.